The van der Waals surface area contributed by atoms with Gasteiger partial charge >= 0.3 is 13.1 Å². The molecule has 0 spiro atoms. The van der Waals surface area contributed by atoms with Crippen molar-refractivity contribution in [2.45, 2.75) is 51.4 Å². The summed E-state index contributed by atoms with van der Waals surface area (Å²) in [6.45, 7) is 8.36. The predicted molar refractivity (Wildman–Crippen MR) is 108 cm³/mol. The summed E-state index contributed by atoms with van der Waals surface area (Å²) in [7, 11) is 1.05. The van der Waals surface area contributed by atoms with E-state index < -0.39 is 36.2 Å². The summed E-state index contributed by atoms with van der Waals surface area (Å²) < 4.78 is 22.0. The van der Waals surface area contributed by atoms with Gasteiger partial charge in [0, 0.05) is 13.5 Å². The second-order valence-electron chi connectivity index (χ2n) is 8.04. The Morgan fingerprint density at radius 1 is 1.10 bits per heavy atom. The largest absolute Gasteiger partial charge is 0.494 e. The van der Waals surface area contributed by atoms with Gasteiger partial charge in [0.1, 0.15) is 12.6 Å². The second kappa shape index (κ2) is 9.71. The monoisotopic (exact) mass is 407 g/mol. The van der Waals surface area contributed by atoms with Crippen LogP contribution >= 0.6 is 0 Å². The zero-order valence-electron chi connectivity index (χ0n) is 17.7. The summed E-state index contributed by atoms with van der Waals surface area (Å²) in [5.41, 5.74) is 0.772. The summed E-state index contributed by atoms with van der Waals surface area (Å²) in [5, 5.41) is 11.9. The van der Waals surface area contributed by atoms with E-state index in [1.165, 1.54) is 7.11 Å². The van der Waals surface area contributed by atoms with E-state index in [-0.39, 0.29) is 19.6 Å². The SMILES string of the molecule is COCCOCC(=O)N[C@@H](Cc1ccc(B2OC(C)(C)C(C)(C)O2)cc1)C(=O)O. The minimum absolute atomic E-state index is 0.156. The van der Waals surface area contributed by atoms with Crippen molar-refractivity contribution in [1.29, 1.82) is 0 Å². The van der Waals surface area contributed by atoms with E-state index in [1.54, 1.807) is 0 Å². The molecule has 2 rings (SSSR count). The molecule has 2 N–H and O–H groups in total. The summed E-state index contributed by atoms with van der Waals surface area (Å²) in [4.78, 5) is 23.4. The normalized spacial score (nSPS) is 18.4. The molecule has 1 aromatic carbocycles. The lowest BCUT2D eigenvalue weighted by Crippen LogP contribution is -2.44. The number of rotatable bonds is 10. The molecular weight excluding hydrogens is 377 g/mol. The van der Waals surface area contributed by atoms with Gasteiger partial charge in [0.15, 0.2) is 0 Å². The van der Waals surface area contributed by atoms with Crippen LogP contribution in [-0.4, -0.2) is 68.3 Å². The first-order chi connectivity index (χ1) is 13.6. The third kappa shape index (κ3) is 6.27. The highest BCUT2D eigenvalue weighted by molar-refractivity contribution is 6.62. The van der Waals surface area contributed by atoms with E-state index >= 15 is 0 Å². The van der Waals surface area contributed by atoms with Crippen molar-refractivity contribution in [2.24, 2.45) is 0 Å². The molecule has 0 aliphatic carbocycles. The fraction of sp³-hybridized carbons (Fsp3) is 0.600. The highest BCUT2D eigenvalue weighted by Gasteiger charge is 2.51. The van der Waals surface area contributed by atoms with Crippen LogP contribution in [0.5, 0.6) is 0 Å². The van der Waals surface area contributed by atoms with Gasteiger partial charge in [-0.2, -0.15) is 0 Å². The van der Waals surface area contributed by atoms with Gasteiger partial charge in [-0.3, -0.25) is 4.79 Å². The molecule has 160 valence electrons. The third-order valence-corrected chi connectivity index (χ3v) is 5.24. The van der Waals surface area contributed by atoms with E-state index in [2.05, 4.69) is 5.32 Å². The maximum Gasteiger partial charge on any atom is 0.494 e. The third-order valence-electron chi connectivity index (χ3n) is 5.24. The van der Waals surface area contributed by atoms with Gasteiger partial charge in [-0.1, -0.05) is 24.3 Å². The summed E-state index contributed by atoms with van der Waals surface area (Å²) >= 11 is 0. The number of nitrogens with one attached hydrogen (secondary N) is 1. The lowest BCUT2D eigenvalue weighted by Gasteiger charge is -2.32. The molecule has 29 heavy (non-hydrogen) atoms. The first kappa shape index (κ1) is 23.3. The molecule has 8 nitrogen and oxygen atoms in total. The number of benzene rings is 1. The van der Waals surface area contributed by atoms with Crippen molar-refractivity contribution in [2.75, 3.05) is 26.9 Å². The molecule has 0 radical (unpaired) electrons. The minimum atomic E-state index is -1.11. The molecule has 1 aliphatic heterocycles. The van der Waals surface area contributed by atoms with Crippen molar-refractivity contribution in [1.82, 2.24) is 5.32 Å². The molecule has 1 aliphatic rings. The van der Waals surface area contributed by atoms with Gasteiger partial charge in [0.25, 0.3) is 0 Å². The fourth-order valence-electron chi connectivity index (χ4n) is 2.77. The Morgan fingerprint density at radius 3 is 2.21 bits per heavy atom. The second-order valence-corrected chi connectivity index (χ2v) is 8.04. The van der Waals surface area contributed by atoms with Crippen LogP contribution in [0, 0.1) is 0 Å². The van der Waals surface area contributed by atoms with E-state index in [9.17, 15) is 14.7 Å². The van der Waals surface area contributed by atoms with Crippen molar-refractivity contribution in [3.05, 3.63) is 29.8 Å². The molecule has 1 atom stereocenters. The van der Waals surface area contributed by atoms with Crippen LogP contribution < -0.4 is 10.8 Å². The number of carboxylic acid groups (broad SMARTS) is 1. The van der Waals surface area contributed by atoms with Crippen LogP contribution in [0.15, 0.2) is 24.3 Å². The smallest absolute Gasteiger partial charge is 0.480 e. The van der Waals surface area contributed by atoms with Gasteiger partial charge in [-0.05, 0) is 38.7 Å². The van der Waals surface area contributed by atoms with Crippen LogP contribution in [-0.2, 0) is 34.8 Å². The van der Waals surface area contributed by atoms with E-state index in [0.717, 1.165) is 11.0 Å². The average molecular weight is 407 g/mol. The van der Waals surface area contributed by atoms with Crippen LogP contribution in [0.4, 0.5) is 0 Å². The zero-order chi connectivity index (χ0) is 21.7. The topological polar surface area (TPSA) is 103 Å². The number of carboxylic acids is 1. The number of aliphatic carboxylic acids is 1. The van der Waals surface area contributed by atoms with E-state index in [0.29, 0.717) is 6.61 Å². The molecule has 0 bridgehead atoms. The number of hydrogen-bond donors (Lipinski definition) is 2. The van der Waals surface area contributed by atoms with Crippen molar-refractivity contribution < 1.29 is 33.5 Å². The summed E-state index contributed by atoms with van der Waals surface area (Å²) in [6.07, 6.45) is 0.156. The highest BCUT2D eigenvalue weighted by atomic mass is 16.7. The molecule has 1 heterocycles. The number of hydrogen-bond acceptors (Lipinski definition) is 6. The molecule has 0 unspecified atom stereocenters. The maximum atomic E-state index is 11.9. The number of carbonyl (C=O) groups is 2. The highest BCUT2D eigenvalue weighted by Crippen LogP contribution is 2.36. The summed E-state index contributed by atoms with van der Waals surface area (Å²) in [6, 6.07) is 6.30. The molecule has 0 saturated carbocycles. The molecule has 0 aromatic heterocycles. The zero-order valence-corrected chi connectivity index (χ0v) is 17.7. The van der Waals surface area contributed by atoms with Crippen LogP contribution in [0.25, 0.3) is 0 Å². The first-order valence-electron chi connectivity index (χ1n) is 9.59. The standard InChI is InChI=1S/C20H30BNO7/c1-19(2)20(3,4)29-21(28-19)15-8-6-14(7-9-15)12-16(18(24)25)22-17(23)13-27-11-10-26-5/h6-9,16H,10-13H2,1-5H3,(H,22,23)(H,24,25)/t16-/m0/s1. The maximum absolute atomic E-state index is 11.9. The number of amides is 1. The number of carbonyl (C=O) groups excluding carboxylic acids is 1. The Morgan fingerprint density at radius 2 is 1.69 bits per heavy atom. The lowest BCUT2D eigenvalue weighted by molar-refractivity contribution is -0.142. The molecule has 1 amide bonds. The summed E-state index contributed by atoms with van der Waals surface area (Å²) in [5.74, 6) is -1.59. The van der Waals surface area contributed by atoms with Crippen molar-refractivity contribution >= 4 is 24.5 Å². The Bertz CT molecular complexity index is 689. The van der Waals surface area contributed by atoms with Gasteiger partial charge in [0.2, 0.25) is 5.91 Å². The van der Waals surface area contributed by atoms with Crippen LogP contribution in [0.1, 0.15) is 33.3 Å². The van der Waals surface area contributed by atoms with E-state index in [4.69, 9.17) is 18.8 Å². The van der Waals surface area contributed by atoms with Crippen molar-refractivity contribution in [3.63, 3.8) is 0 Å². The first-order valence-corrected chi connectivity index (χ1v) is 9.59. The van der Waals surface area contributed by atoms with Gasteiger partial charge < -0.3 is 29.2 Å². The van der Waals surface area contributed by atoms with E-state index in [1.807, 2.05) is 52.0 Å². The molecule has 1 saturated heterocycles. The quantitative estimate of drug-likeness (QED) is 0.436. The van der Waals surface area contributed by atoms with Crippen molar-refractivity contribution in [3.8, 4) is 0 Å². The Balaban J connectivity index is 1.94. The fourth-order valence-corrected chi connectivity index (χ4v) is 2.77. The number of methoxy groups -OCH3 is 1. The lowest BCUT2D eigenvalue weighted by atomic mass is 9.78. The molecular formula is C20H30BNO7. The van der Waals surface area contributed by atoms with Gasteiger partial charge in [0.05, 0.1) is 24.4 Å². The Kier molecular flexibility index (Phi) is 7.82. The average Bonchev–Trinajstić information content (AvgIpc) is 2.86. The predicted octanol–water partition coefficient (Wildman–Crippen LogP) is 0.761. The van der Waals surface area contributed by atoms with Crippen LogP contribution in [0.2, 0.25) is 0 Å². The molecule has 1 fully saturated rings. The molecule has 9 heteroatoms. The van der Waals surface area contributed by atoms with Gasteiger partial charge in [-0.25, -0.2) is 4.79 Å². The van der Waals surface area contributed by atoms with Gasteiger partial charge in [-0.15, -0.1) is 0 Å². The molecule has 1 aromatic rings. The number of ether oxygens (including phenoxy) is 2. The Labute approximate surface area is 172 Å². The van der Waals surface area contributed by atoms with Crippen LogP contribution in [0.3, 0.4) is 0 Å². The minimum Gasteiger partial charge on any atom is -0.480 e. The Hall–Kier alpha value is -1.94.